The highest BCUT2D eigenvalue weighted by molar-refractivity contribution is 9.10. The normalized spacial score (nSPS) is 12.0. The van der Waals surface area contributed by atoms with Crippen molar-refractivity contribution in [1.82, 2.24) is 10.2 Å². The average molecular weight is 587 g/mol. The molecule has 0 aliphatic carbocycles. The van der Waals surface area contributed by atoms with Crippen LogP contribution in [0.2, 0.25) is 0 Å². The Morgan fingerprint density at radius 2 is 1.65 bits per heavy atom. The minimum absolute atomic E-state index is 0.163. The summed E-state index contributed by atoms with van der Waals surface area (Å²) in [5.41, 5.74) is 3.11. The second-order valence-electron chi connectivity index (χ2n) is 8.80. The molecule has 3 rings (SSSR count). The van der Waals surface area contributed by atoms with Gasteiger partial charge in [0.1, 0.15) is 12.6 Å². The Kier molecular flexibility index (Phi) is 9.88. The van der Waals surface area contributed by atoms with Crippen molar-refractivity contribution in [2.45, 2.75) is 32.9 Å². The molecule has 0 spiro atoms. The van der Waals surface area contributed by atoms with E-state index in [4.69, 9.17) is 0 Å². The third kappa shape index (κ3) is 7.90. The first kappa shape index (κ1) is 28.4. The summed E-state index contributed by atoms with van der Waals surface area (Å²) in [5.74, 6) is -0.762. The highest BCUT2D eigenvalue weighted by atomic mass is 79.9. The van der Waals surface area contributed by atoms with Crippen molar-refractivity contribution in [2.75, 3.05) is 23.7 Å². The number of anilines is 1. The molecule has 0 aliphatic rings. The van der Waals surface area contributed by atoms with Gasteiger partial charge in [0.05, 0.1) is 11.9 Å². The van der Waals surface area contributed by atoms with Gasteiger partial charge in [-0.05, 0) is 48.7 Å². The van der Waals surface area contributed by atoms with Gasteiger partial charge in [-0.1, -0.05) is 76.6 Å². The van der Waals surface area contributed by atoms with Crippen LogP contribution in [0.4, 0.5) is 5.69 Å². The summed E-state index contributed by atoms with van der Waals surface area (Å²) in [6.45, 7) is 3.90. The minimum atomic E-state index is -3.79. The standard InChI is InChI=1S/C28H32BrN3O4S/c1-4-30-28(34)26(17-22-12-6-5-7-13-22)31(19-23-14-9-8-11-21(23)2)27(33)20-32(37(3,35)36)25-16-10-15-24(29)18-25/h5-16,18,26H,4,17,19-20H2,1-3H3,(H,30,34)/t26-/m1/s1. The van der Waals surface area contributed by atoms with Crippen LogP contribution in [-0.2, 0) is 32.6 Å². The molecule has 0 fully saturated rings. The Balaban J connectivity index is 2.05. The lowest BCUT2D eigenvalue weighted by atomic mass is 10.0. The largest absolute Gasteiger partial charge is 0.355 e. The van der Waals surface area contributed by atoms with E-state index in [-0.39, 0.29) is 12.5 Å². The maximum absolute atomic E-state index is 13.9. The first-order chi connectivity index (χ1) is 17.6. The van der Waals surface area contributed by atoms with E-state index in [0.29, 0.717) is 23.1 Å². The molecule has 9 heteroatoms. The van der Waals surface area contributed by atoms with Crippen molar-refractivity contribution >= 4 is 43.5 Å². The fraction of sp³-hybridized carbons (Fsp3) is 0.286. The van der Waals surface area contributed by atoms with Crippen LogP contribution in [-0.4, -0.2) is 50.5 Å². The fourth-order valence-electron chi connectivity index (χ4n) is 4.06. The number of carbonyl (C=O) groups is 2. The monoisotopic (exact) mass is 585 g/mol. The van der Waals surface area contributed by atoms with Gasteiger partial charge >= 0.3 is 0 Å². The van der Waals surface area contributed by atoms with E-state index in [9.17, 15) is 18.0 Å². The molecule has 0 bridgehead atoms. The molecule has 0 unspecified atom stereocenters. The summed E-state index contributed by atoms with van der Waals surface area (Å²) in [6.07, 6.45) is 1.36. The van der Waals surface area contributed by atoms with Gasteiger partial charge in [-0.25, -0.2) is 8.42 Å². The Morgan fingerprint density at radius 1 is 0.973 bits per heavy atom. The van der Waals surface area contributed by atoms with Crippen LogP contribution >= 0.6 is 15.9 Å². The molecule has 0 saturated carbocycles. The predicted molar refractivity (Wildman–Crippen MR) is 151 cm³/mol. The van der Waals surface area contributed by atoms with E-state index in [2.05, 4.69) is 21.2 Å². The van der Waals surface area contributed by atoms with Crippen LogP contribution in [0, 0.1) is 6.92 Å². The minimum Gasteiger partial charge on any atom is -0.355 e. The Labute approximate surface area is 227 Å². The third-order valence-corrected chi connectivity index (χ3v) is 7.63. The quantitative estimate of drug-likeness (QED) is 0.363. The number of nitrogens with one attached hydrogen (secondary N) is 1. The first-order valence-corrected chi connectivity index (χ1v) is 14.6. The number of hydrogen-bond donors (Lipinski definition) is 1. The highest BCUT2D eigenvalue weighted by Crippen LogP contribution is 2.24. The van der Waals surface area contributed by atoms with Crippen molar-refractivity contribution in [3.05, 3.63) is 100 Å². The van der Waals surface area contributed by atoms with E-state index in [0.717, 1.165) is 27.3 Å². The number of aryl methyl sites for hydroxylation is 1. The van der Waals surface area contributed by atoms with E-state index < -0.39 is 28.5 Å². The molecule has 1 atom stereocenters. The second-order valence-corrected chi connectivity index (χ2v) is 11.6. The smallest absolute Gasteiger partial charge is 0.244 e. The zero-order valence-corrected chi connectivity index (χ0v) is 23.6. The molecular formula is C28H32BrN3O4S. The van der Waals surface area contributed by atoms with Gasteiger partial charge in [0.2, 0.25) is 21.8 Å². The Morgan fingerprint density at radius 3 is 2.27 bits per heavy atom. The van der Waals surface area contributed by atoms with Crippen LogP contribution in [0.25, 0.3) is 0 Å². The van der Waals surface area contributed by atoms with E-state index in [1.54, 1.807) is 24.3 Å². The molecule has 0 radical (unpaired) electrons. The van der Waals surface area contributed by atoms with Gasteiger partial charge in [0.25, 0.3) is 0 Å². The maximum Gasteiger partial charge on any atom is 0.244 e. The number of nitrogens with zero attached hydrogens (tertiary/aromatic N) is 2. The summed E-state index contributed by atoms with van der Waals surface area (Å²) in [6, 6.07) is 23.1. The van der Waals surface area contributed by atoms with E-state index >= 15 is 0 Å². The van der Waals surface area contributed by atoms with Gasteiger partial charge in [0, 0.05) is 24.0 Å². The van der Waals surface area contributed by atoms with Crippen LogP contribution in [0.15, 0.2) is 83.3 Å². The topological polar surface area (TPSA) is 86.8 Å². The van der Waals surface area contributed by atoms with Gasteiger partial charge in [-0.2, -0.15) is 0 Å². The number of halogens is 1. The summed E-state index contributed by atoms with van der Waals surface area (Å²) in [7, 11) is -3.79. The van der Waals surface area contributed by atoms with Gasteiger partial charge < -0.3 is 10.2 Å². The summed E-state index contributed by atoms with van der Waals surface area (Å²) >= 11 is 3.37. The maximum atomic E-state index is 13.9. The first-order valence-electron chi connectivity index (χ1n) is 12.0. The van der Waals surface area contributed by atoms with E-state index in [1.807, 2.05) is 68.4 Å². The van der Waals surface area contributed by atoms with Gasteiger partial charge in [0.15, 0.2) is 0 Å². The number of carbonyl (C=O) groups excluding carboxylic acids is 2. The highest BCUT2D eigenvalue weighted by Gasteiger charge is 2.33. The number of hydrogen-bond acceptors (Lipinski definition) is 4. The molecule has 7 nitrogen and oxygen atoms in total. The summed E-state index contributed by atoms with van der Waals surface area (Å²) in [5, 5.41) is 2.85. The SMILES string of the molecule is CCNC(=O)[C@@H](Cc1ccccc1)N(Cc1ccccc1C)C(=O)CN(c1cccc(Br)c1)S(C)(=O)=O. The van der Waals surface area contributed by atoms with Gasteiger partial charge in [-0.3, -0.25) is 13.9 Å². The molecule has 196 valence electrons. The van der Waals surface area contributed by atoms with Crippen LogP contribution < -0.4 is 9.62 Å². The van der Waals surface area contributed by atoms with Crippen LogP contribution in [0.1, 0.15) is 23.6 Å². The Bertz CT molecular complexity index is 1330. The molecule has 0 saturated heterocycles. The molecule has 0 aromatic heterocycles. The molecular weight excluding hydrogens is 554 g/mol. The Hall–Kier alpha value is -3.17. The van der Waals surface area contributed by atoms with Crippen molar-refractivity contribution in [2.24, 2.45) is 0 Å². The predicted octanol–water partition coefficient (Wildman–Crippen LogP) is 4.30. The summed E-state index contributed by atoms with van der Waals surface area (Å²) in [4.78, 5) is 28.8. The van der Waals surface area contributed by atoms with Crippen LogP contribution in [0.5, 0.6) is 0 Å². The third-order valence-electron chi connectivity index (χ3n) is 6.00. The number of benzene rings is 3. The lowest BCUT2D eigenvalue weighted by Crippen LogP contribution is -2.53. The number of rotatable bonds is 11. The molecule has 3 aromatic carbocycles. The van der Waals surface area contributed by atoms with Crippen molar-refractivity contribution in [1.29, 1.82) is 0 Å². The zero-order chi connectivity index (χ0) is 27.0. The molecule has 2 amide bonds. The number of amides is 2. The number of sulfonamides is 1. The van der Waals surface area contributed by atoms with Gasteiger partial charge in [-0.15, -0.1) is 0 Å². The molecule has 0 aliphatic heterocycles. The second kappa shape index (κ2) is 12.9. The lowest BCUT2D eigenvalue weighted by molar-refractivity contribution is -0.140. The van der Waals surface area contributed by atoms with Crippen molar-refractivity contribution in [3.63, 3.8) is 0 Å². The molecule has 0 heterocycles. The van der Waals surface area contributed by atoms with Crippen molar-refractivity contribution in [3.8, 4) is 0 Å². The number of likely N-dealkylation sites (N-methyl/N-ethyl adjacent to an activating group) is 1. The molecule has 1 N–H and O–H groups in total. The molecule has 3 aromatic rings. The fourth-order valence-corrected chi connectivity index (χ4v) is 5.29. The lowest BCUT2D eigenvalue weighted by Gasteiger charge is -2.33. The summed E-state index contributed by atoms with van der Waals surface area (Å²) < 4.78 is 27.3. The average Bonchev–Trinajstić information content (AvgIpc) is 2.85. The van der Waals surface area contributed by atoms with E-state index in [1.165, 1.54) is 4.90 Å². The zero-order valence-electron chi connectivity index (χ0n) is 21.2. The van der Waals surface area contributed by atoms with Crippen LogP contribution in [0.3, 0.4) is 0 Å². The molecule has 37 heavy (non-hydrogen) atoms. The van der Waals surface area contributed by atoms with Crippen molar-refractivity contribution < 1.29 is 18.0 Å².